The van der Waals surface area contributed by atoms with E-state index in [9.17, 15) is 14.0 Å². The van der Waals surface area contributed by atoms with Crippen molar-refractivity contribution in [1.29, 1.82) is 0 Å². The molecule has 3 heterocycles. The van der Waals surface area contributed by atoms with Gasteiger partial charge in [0.15, 0.2) is 11.2 Å². The van der Waals surface area contributed by atoms with Gasteiger partial charge in [0, 0.05) is 26.2 Å². The van der Waals surface area contributed by atoms with Crippen LogP contribution >= 0.6 is 0 Å². The summed E-state index contributed by atoms with van der Waals surface area (Å²) in [6, 6.07) is 6.33. The molecular weight excluding hydrogens is 363 g/mol. The average Bonchev–Trinajstić information content (AvgIpc) is 3.25. The first-order valence-corrected chi connectivity index (χ1v) is 8.96. The number of hydrogen-bond acceptors (Lipinski definition) is 4. The Morgan fingerprint density at radius 3 is 2.82 bits per heavy atom. The molecule has 0 radical (unpaired) electrons. The minimum Gasteiger partial charge on any atom is -0.318 e. The van der Waals surface area contributed by atoms with Gasteiger partial charge in [0.2, 0.25) is 0 Å². The molecule has 0 atom stereocenters. The fourth-order valence-electron chi connectivity index (χ4n) is 3.37. The topological polar surface area (TPSA) is 101 Å². The number of aromatic nitrogens is 6. The van der Waals surface area contributed by atoms with Crippen molar-refractivity contribution >= 4 is 11.2 Å². The summed E-state index contributed by atoms with van der Waals surface area (Å²) in [5, 5.41) is 7.13. The molecule has 0 saturated heterocycles. The molecule has 0 aliphatic carbocycles. The Morgan fingerprint density at radius 2 is 2.07 bits per heavy atom. The second kappa shape index (κ2) is 6.91. The molecule has 8 nitrogen and oxygen atoms in total. The van der Waals surface area contributed by atoms with E-state index in [1.54, 1.807) is 23.9 Å². The molecule has 0 aliphatic heterocycles. The highest BCUT2D eigenvalue weighted by atomic mass is 19.1. The van der Waals surface area contributed by atoms with Crippen LogP contribution in [0.4, 0.5) is 4.39 Å². The van der Waals surface area contributed by atoms with Crippen LogP contribution in [-0.4, -0.2) is 29.3 Å². The number of hydrogen-bond donors (Lipinski definition) is 2. The standard InChI is InChI=1S/C19H19FN6O2/c1-3-7-26-15-17(25(2)19(28)23-18(15)27)22-16(26)13-10-21-24-14(13)9-11-5-4-6-12(20)8-11/h4-6,8,10H,3,7,9H2,1-2H3,(H,21,24)(H,23,27,28). The van der Waals surface area contributed by atoms with E-state index in [1.165, 1.54) is 16.7 Å². The van der Waals surface area contributed by atoms with Crippen molar-refractivity contribution in [3.63, 3.8) is 0 Å². The predicted octanol–water partition coefficient (Wildman–Crippen LogP) is 1.95. The number of aryl methyl sites for hydroxylation is 2. The fraction of sp³-hybridized carbons (Fsp3) is 0.263. The normalized spacial score (nSPS) is 11.4. The Labute approximate surface area is 158 Å². The summed E-state index contributed by atoms with van der Waals surface area (Å²) < 4.78 is 16.7. The van der Waals surface area contributed by atoms with E-state index in [2.05, 4.69) is 20.2 Å². The highest BCUT2D eigenvalue weighted by Crippen LogP contribution is 2.26. The number of aromatic amines is 2. The first-order valence-electron chi connectivity index (χ1n) is 8.96. The molecule has 0 amide bonds. The smallest absolute Gasteiger partial charge is 0.318 e. The van der Waals surface area contributed by atoms with Crippen molar-refractivity contribution in [1.82, 2.24) is 29.3 Å². The highest BCUT2D eigenvalue weighted by Gasteiger charge is 2.21. The summed E-state index contributed by atoms with van der Waals surface area (Å²) >= 11 is 0. The molecule has 0 fully saturated rings. The van der Waals surface area contributed by atoms with Crippen molar-refractivity contribution in [2.24, 2.45) is 7.05 Å². The lowest BCUT2D eigenvalue weighted by Crippen LogP contribution is -2.29. The zero-order chi connectivity index (χ0) is 19.8. The van der Waals surface area contributed by atoms with Crippen molar-refractivity contribution in [2.45, 2.75) is 26.3 Å². The lowest BCUT2D eigenvalue weighted by atomic mass is 10.1. The number of H-pyrrole nitrogens is 2. The Hall–Kier alpha value is -3.49. The maximum atomic E-state index is 13.5. The summed E-state index contributed by atoms with van der Waals surface area (Å²) in [5.41, 5.74) is 1.84. The third kappa shape index (κ3) is 2.94. The van der Waals surface area contributed by atoms with Crippen LogP contribution < -0.4 is 11.2 Å². The van der Waals surface area contributed by atoms with Crippen LogP contribution in [0.3, 0.4) is 0 Å². The van der Waals surface area contributed by atoms with Gasteiger partial charge in [0.05, 0.1) is 11.3 Å². The monoisotopic (exact) mass is 382 g/mol. The summed E-state index contributed by atoms with van der Waals surface area (Å²) in [7, 11) is 1.57. The molecule has 0 bridgehead atoms. The van der Waals surface area contributed by atoms with Gasteiger partial charge >= 0.3 is 5.69 Å². The Kier molecular flexibility index (Phi) is 4.42. The number of benzene rings is 1. The van der Waals surface area contributed by atoms with Gasteiger partial charge < -0.3 is 4.57 Å². The molecule has 0 aliphatic rings. The Bertz CT molecular complexity index is 1280. The molecule has 28 heavy (non-hydrogen) atoms. The number of imidazole rings is 1. The van der Waals surface area contributed by atoms with Gasteiger partial charge in [0.1, 0.15) is 11.6 Å². The number of rotatable bonds is 5. The van der Waals surface area contributed by atoms with Crippen LogP contribution in [0.15, 0.2) is 40.1 Å². The quantitative estimate of drug-likeness (QED) is 0.551. The Morgan fingerprint density at radius 1 is 1.25 bits per heavy atom. The number of nitrogens with one attached hydrogen (secondary N) is 2. The van der Waals surface area contributed by atoms with E-state index in [4.69, 9.17) is 0 Å². The number of halogens is 1. The third-order valence-corrected chi connectivity index (χ3v) is 4.68. The molecule has 0 spiro atoms. The van der Waals surface area contributed by atoms with Gasteiger partial charge in [-0.1, -0.05) is 19.1 Å². The van der Waals surface area contributed by atoms with E-state index in [0.29, 0.717) is 41.2 Å². The molecule has 3 aromatic heterocycles. The third-order valence-electron chi connectivity index (χ3n) is 4.68. The van der Waals surface area contributed by atoms with Crippen LogP contribution in [0.5, 0.6) is 0 Å². The number of nitrogens with zero attached hydrogens (tertiary/aromatic N) is 4. The molecular formula is C19H19FN6O2. The van der Waals surface area contributed by atoms with E-state index < -0.39 is 11.2 Å². The van der Waals surface area contributed by atoms with Crippen LogP contribution in [0.1, 0.15) is 24.6 Å². The summed E-state index contributed by atoms with van der Waals surface area (Å²) in [6.07, 6.45) is 2.88. The van der Waals surface area contributed by atoms with Gasteiger partial charge in [-0.15, -0.1) is 0 Å². The molecule has 2 N–H and O–H groups in total. The zero-order valence-electron chi connectivity index (χ0n) is 15.5. The van der Waals surface area contributed by atoms with E-state index in [1.807, 2.05) is 13.0 Å². The van der Waals surface area contributed by atoms with E-state index in [0.717, 1.165) is 12.0 Å². The van der Waals surface area contributed by atoms with Gasteiger partial charge in [-0.3, -0.25) is 19.4 Å². The molecule has 9 heteroatoms. The van der Waals surface area contributed by atoms with Crippen molar-refractivity contribution in [3.8, 4) is 11.4 Å². The summed E-state index contributed by atoms with van der Waals surface area (Å²) in [5.74, 6) is 0.234. The van der Waals surface area contributed by atoms with Crippen LogP contribution in [0, 0.1) is 5.82 Å². The minimum absolute atomic E-state index is 0.311. The molecule has 1 aromatic carbocycles. The summed E-state index contributed by atoms with van der Waals surface area (Å²) in [6.45, 7) is 2.55. The largest absolute Gasteiger partial charge is 0.329 e. The maximum absolute atomic E-state index is 13.5. The molecule has 4 aromatic rings. The van der Waals surface area contributed by atoms with Crippen LogP contribution in [-0.2, 0) is 20.0 Å². The molecule has 0 saturated carbocycles. The van der Waals surface area contributed by atoms with Crippen LogP contribution in [0.2, 0.25) is 0 Å². The second-order valence-electron chi connectivity index (χ2n) is 6.63. The van der Waals surface area contributed by atoms with Gasteiger partial charge in [-0.2, -0.15) is 5.10 Å². The summed E-state index contributed by atoms with van der Waals surface area (Å²) in [4.78, 5) is 31.3. The molecule has 0 unspecified atom stereocenters. The van der Waals surface area contributed by atoms with E-state index in [-0.39, 0.29) is 5.82 Å². The lowest BCUT2D eigenvalue weighted by Gasteiger charge is -2.07. The SMILES string of the molecule is CCCn1c(-c2c[nH]nc2Cc2cccc(F)c2)nc2c1c(=O)[nH]c(=O)n2C. The first-order chi connectivity index (χ1) is 13.5. The van der Waals surface area contributed by atoms with Crippen molar-refractivity contribution in [2.75, 3.05) is 0 Å². The van der Waals surface area contributed by atoms with Crippen molar-refractivity contribution < 1.29 is 4.39 Å². The van der Waals surface area contributed by atoms with Gasteiger partial charge in [-0.25, -0.2) is 14.2 Å². The van der Waals surface area contributed by atoms with E-state index >= 15 is 0 Å². The van der Waals surface area contributed by atoms with Gasteiger partial charge in [-0.05, 0) is 24.1 Å². The lowest BCUT2D eigenvalue weighted by molar-refractivity contribution is 0.626. The highest BCUT2D eigenvalue weighted by molar-refractivity contribution is 5.77. The van der Waals surface area contributed by atoms with Crippen molar-refractivity contribution in [3.05, 3.63) is 68.4 Å². The maximum Gasteiger partial charge on any atom is 0.329 e. The second-order valence-corrected chi connectivity index (χ2v) is 6.63. The van der Waals surface area contributed by atoms with Gasteiger partial charge in [0.25, 0.3) is 5.56 Å². The minimum atomic E-state index is -0.516. The predicted molar refractivity (Wildman–Crippen MR) is 103 cm³/mol. The molecule has 4 rings (SSSR count). The fourth-order valence-corrected chi connectivity index (χ4v) is 3.37. The average molecular weight is 382 g/mol. The number of fused-ring (bicyclic) bond motifs is 1. The molecule has 144 valence electrons. The zero-order valence-corrected chi connectivity index (χ0v) is 15.5. The Balaban J connectivity index is 1.91. The first kappa shape index (κ1) is 17.9. The van der Waals surface area contributed by atoms with Crippen LogP contribution in [0.25, 0.3) is 22.6 Å².